The van der Waals surface area contributed by atoms with Gasteiger partial charge in [-0.25, -0.2) is 9.78 Å². The van der Waals surface area contributed by atoms with Crippen LogP contribution in [0, 0.1) is 11.3 Å². The molecule has 1 saturated heterocycles. The van der Waals surface area contributed by atoms with E-state index in [2.05, 4.69) is 48.9 Å². The molecular weight excluding hydrogens is 470 g/mol. The second-order valence-electron chi connectivity index (χ2n) is 8.74. The van der Waals surface area contributed by atoms with Crippen molar-refractivity contribution in [2.45, 2.75) is 18.9 Å². The molecule has 1 aliphatic heterocycles. The molecule has 1 amide bonds. The van der Waals surface area contributed by atoms with E-state index < -0.39 is 6.09 Å². The first-order valence-electron chi connectivity index (χ1n) is 11.4. The summed E-state index contributed by atoms with van der Waals surface area (Å²) >= 11 is 6.88. The average molecular weight is 496 g/mol. The number of carbonyl (C=O) groups excluding carboxylic acids is 1. The summed E-state index contributed by atoms with van der Waals surface area (Å²) in [5.74, 6) is 0.483. The van der Waals surface area contributed by atoms with Crippen molar-refractivity contribution in [2.75, 3.05) is 61.2 Å². The number of piperazine rings is 1. The van der Waals surface area contributed by atoms with Gasteiger partial charge in [-0.3, -0.25) is 5.32 Å². The van der Waals surface area contributed by atoms with E-state index in [1.165, 1.54) is 17.8 Å². The van der Waals surface area contributed by atoms with Gasteiger partial charge < -0.3 is 25.2 Å². The van der Waals surface area contributed by atoms with Crippen LogP contribution in [0.15, 0.2) is 24.4 Å². The number of aromatic nitrogens is 3. The fraction of sp³-hybridized carbons (Fsp3) is 0.391. The standard InChI is InChI=1S/C23H26ClN9O2/c1-31-5-7-32(8-6-31)19-10-15(28-23(34)35-2)9-17(21(19)24)29-20-11-18(27-14-3-4-14)22-26-13-16(12-25)33(22)30-20/h9-11,13-14,27H,3-8H2,1-2H3,(H,28,34)(H,29,30). The minimum absolute atomic E-state index is 0.327. The molecule has 0 atom stereocenters. The van der Waals surface area contributed by atoms with Gasteiger partial charge in [0.2, 0.25) is 0 Å². The molecule has 2 aromatic heterocycles. The van der Waals surface area contributed by atoms with Crippen molar-refractivity contribution in [1.82, 2.24) is 19.5 Å². The van der Waals surface area contributed by atoms with Crippen LogP contribution < -0.4 is 20.9 Å². The second-order valence-corrected chi connectivity index (χ2v) is 9.12. The maximum absolute atomic E-state index is 11.9. The lowest BCUT2D eigenvalue weighted by Crippen LogP contribution is -2.44. The summed E-state index contributed by atoms with van der Waals surface area (Å²) in [4.78, 5) is 20.7. The zero-order chi connectivity index (χ0) is 24.5. The molecule has 0 spiro atoms. The summed E-state index contributed by atoms with van der Waals surface area (Å²) in [7, 11) is 3.40. The Morgan fingerprint density at radius 1 is 1.20 bits per heavy atom. The van der Waals surface area contributed by atoms with E-state index in [4.69, 9.17) is 16.3 Å². The number of imidazole rings is 1. The monoisotopic (exact) mass is 495 g/mol. The zero-order valence-electron chi connectivity index (χ0n) is 19.5. The van der Waals surface area contributed by atoms with E-state index >= 15 is 0 Å². The molecule has 0 bridgehead atoms. The van der Waals surface area contributed by atoms with Gasteiger partial charge in [0.25, 0.3) is 0 Å². The van der Waals surface area contributed by atoms with E-state index in [1.807, 2.05) is 12.1 Å². The van der Waals surface area contributed by atoms with Gasteiger partial charge in [0, 0.05) is 44.0 Å². The van der Waals surface area contributed by atoms with Gasteiger partial charge in [0.1, 0.15) is 6.07 Å². The Bertz CT molecular complexity index is 1310. The van der Waals surface area contributed by atoms with Gasteiger partial charge in [0.15, 0.2) is 17.2 Å². The Labute approximate surface area is 207 Å². The van der Waals surface area contributed by atoms with Crippen LogP contribution in [0.1, 0.15) is 18.5 Å². The molecule has 35 heavy (non-hydrogen) atoms. The Morgan fingerprint density at radius 3 is 2.66 bits per heavy atom. The number of rotatable bonds is 6. The van der Waals surface area contributed by atoms with Gasteiger partial charge in [-0.1, -0.05) is 11.6 Å². The molecule has 2 fully saturated rings. The zero-order valence-corrected chi connectivity index (χ0v) is 20.3. The number of ether oxygens (including phenoxy) is 1. The number of anilines is 5. The van der Waals surface area contributed by atoms with Crippen LogP contribution in [-0.2, 0) is 4.74 Å². The highest BCUT2D eigenvalue weighted by Gasteiger charge is 2.24. The smallest absolute Gasteiger partial charge is 0.411 e. The molecule has 3 N–H and O–H groups in total. The topological polar surface area (TPSA) is 123 Å². The number of amides is 1. The van der Waals surface area contributed by atoms with Crippen LogP contribution in [0.5, 0.6) is 0 Å². The van der Waals surface area contributed by atoms with Crippen molar-refractivity contribution in [3.8, 4) is 6.07 Å². The Balaban J connectivity index is 1.54. The van der Waals surface area contributed by atoms with Crippen LogP contribution in [0.4, 0.5) is 33.4 Å². The number of nitrogens with one attached hydrogen (secondary N) is 3. The summed E-state index contributed by atoms with van der Waals surface area (Å²) in [6, 6.07) is 7.94. The predicted octanol–water partition coefficient (Wildman–Crippen LogP) is 3.50. The third kappa shape index (κ3) is 4.89. The first-order chi connectivity index (χ1) is 16.9. The normalized spacial score (nSPS) is 16.1. The lowest BCUT2D eigenvalue weighted by molar-refractivity contribution is 0.187. The number of methoxy groups -OCH3 is 1. The van der Waals surface area contributed by atoms with Crippen molar-refractivity contribution in [3.05, 3.63) is 35.1 Å². The number of benzene rings is 1. The third-order valence-corrected chi connectivity index (χ3v) is 6.51. The fourth-order valence-corrected chi connectivity index (χ4v) is 4.29. The first-order valence-corrected chi connectivity index (χ1v) is 11.8. The fourth-order valence-electron chi connectivity index (χ4n) is 4.02. The number of fused-ring (bicyclic) bond motifs is 1. The molecule has 182 valence electrons. The molecule has 0 radical (unpaired) electrons. The SMILES string of the molecule is COC(=O)Nc1cc(Nc2cc(NC3CC3)c3ncc(C#N)n3n2)c(Cl)c(N2CCN(C)CC2)c1. The Morgan fingerprint density at radius 2 is 1.97 bits per heavy atom. The predicted molar refractivity (Wildman–Crippen MR) is 135 cm³/mol. The molecule has 1 aromatic carbocycles. The average Bonchev–Trinajstić information content (AvgIpc) is 3.57. The minimum atomic E-state index is -0.574. The van der Waals surface area contributed by atoms with Crippen molar-refractivity contribution in [2.24, 2.45) is 0 Å². The molecule has 2 aliphatic rings. The highest BCUT2D eigenvalue weighted by molar-refractivity contribution is 6.36. The number of halogens is 1. The van der Waals surface area contributed by atoms with Crippen LogP contribution in [-0.4, -0.2) is 72.0 Å². The molecular formula is C23H26ClN9O2. The van der Waals surface area contributed by atoms with E-state index in [-0.39, 0.29) is 0 Å². The van der Waals surface area contributed by atoms with Crippen LogP contribution >= 0.6 is 11.6 Å². The van der Waals surface area contributed by atoms with Crippen molar-refractivity contribution in [1.29, 1.82) is 5.26 Å². The van der Waals surface area contributed by atoms with Crippen LogP contribution in [0.25, 0.3) is 5.65 Å². The molecule has 3 heterocycles. The number of nitrogens with zero attached hydrogens (tertiary/aromatic N) is 6. The lowest BCUT2D eigenvalue weighted by atomic mass is 10.2. The van der Waals surface area contributed by atoms with Crippen molar-refractivity contribution < 1.29 is 9.53 Å². The first kappa shape index (κ1) is 23.0. The maximum atomic E-state index is 11.9. The minimum Gasteiger partial charge on any atom is -0.453 e. The molecule has 11 nitrogen and oxygen atoms in total. The van der Waals surface area contributed by atoms with E-state index in [9.17, 15) is 10.1 Å². The second kappa shape index (κ2) is 9.48. The van der Waals surface area contributed by atoms with Crippen LogP contribution in [0.3, 0.4) is 0 Å². The summed E-state index contributed by atoms with van der Waals surface area (Å²) in [5, 5.41) is 24.1. The molecule has 5 rings (SSSR count). The van der Waals surface area contributed by atoms with Gasteiger partial charge in [-0.2, -0.15) is 9.78 Å². The third-order valence-electron chi connectivity index (χ3n) is 6.11. The van der Waals surface area contributed by atoms with Gasteiger partial charge >= 0.3 is 6.09 Å². The molecule has 0 unspecified atom stereocenters. The van der Waals surface area contributed by atoms with Crippen LogP contribution in [0.2, 0.25) is 5.02 Å². The number of carbonyl (C=O) groups is 1. The quantitative estimate of drug-likeness (QED) is 0.471. The number of nitriles is 1. The van der Waals surface area contributed by atoms with Gasteiger partial charge in [-0.05, 0) is 32.0 Å². The summed E-state index contributed by atoms with van der Waals surface area (Å²) in [6.45, 7) is 3.41. The summed E-state index contributed by atoms with van der Waals surface area (Å²) in [6.07, 6.45) is 3.11. The van der Waals surface area contributed by atoms with E-state index in [1.54, 1.807) is 6.07 Å². The molecule has 1 aliphatic carbocycles. The highest BCUT2D eigenvalue weighted by atomic mass is 35.5. The van der Waals surface area contributed by atoms with Crippen molar-refractivity contribution >= 4 is 51.9 Å². The summed E-state index contributed by atoms with van der Waals surface area (Å²) < 4.78 is 6.29. The van der Waals surface area contributed by atoms with Gasteiger partial charge in [0.05, 0.1) is 35.4 Å². The van der Waals surface area contributed by atoms with Crippen molar-refractivity contribution in [3.63, 3.8) is 0 Å². The number of likely N-dealkylation sites (N-methyl/N-ethyl adjacent to an activating group) is 1. The van der Waals surface area contributed by atoms with E-state index in [0.29, 0.717) is 39.6 Å². The summed E-state index contributed by atoms with van der Waals surface area (Å²) in [5.41, 5.74) is 3.60. The molecule has 1 saturated carbocycles. The van der Waals surface area contributed by atoms with Gasteiger partial charge in [-0.15, -0.1) is 5.10 Å². The lowest BCUT2D eigenvalue weighted by Gasteiger charge is -2.35. The molecule has 12 heteroatoms. The maximum Gasteiger partial charge on any atom is 0.411 e. The highest BCUT2D eigenvalue weighted by Crippen LogP contribution is 2.39. The number of hydrogen-bond donors (Lipinski definition) is 3. The number of hydrogen-bond acceptors (Lipinski definition) is 9. The Kier molecular flexibility index (Phi) is 6.23. The van der Waals surface area contributed by atoms with E-state index in [0.717, 1.165) is 50.4 Å². The molecule has 3 aromatic rings. The largest absolute Gasteiger partial charge is 0.453 e. The Hall–Kier alpha value is -3.75.